The van der Waals surface area contributed by atoms with Crippen molar-refractivity contribution in [1.29, 1.82) is 0 Å². The Bertz CT molecular complexity index is 553. The maximum Gasteiger partial charge on any atom is 0.341 e. The molecule has 7 heteroatoms. The molecule has 1 aromatic carbocycles. The molecule has 0 atom stereocenters. The van der Waals surface area contributed by atoms with Crippen molar-refractivity contribution in [2.45, 2.75) is 33.1 Å². The highest BCUT2D eigenvalue weighted by atomic mass is 16.5. The van der Waals surface area contributed by atoms with Crippen LogP contribution in [0.25, 0.3) is 0 Å². The lowest BCUT2D eigenvalue weighted by molar-refractivity contribution is -0.139. The molecule has 0 aromatic heterocycles. The summed E-state index contributed by atoms with van der Waals surface area (Å²) in [7, 11) is 0. The highest BCUT2D eigenvalue weighted by Crippen LogP contribution is 2.16. The molecule has 0 radical (unpaired) electrons. The first-order valence-corrected chi connectivity index (χ1v) is 7.98. The number of amides is 2. The summed E-state index contributed by atoms with van der Waals surface area (Å²) in [6.45, 7) is 4.80. The van der Waals surface area contributed by atoms with E-state index in [4.69, 9.17) is 9.84 Å². The van der Waals surface area contributed by atoms with Crippen LogP contribution in [0, 0.1) is 0 Å². The van der Waals surface area contributed by atoms with Crippen molar-refractivity contribution in [3.8, 4) is 5.75 Å². The lowest BCUT2D eigenvalue weighted by atomic mass is 10.2. The first-order chi connectivity index (χ1) is 11.5. The van der Waals surface area contributed by atoms with E-state index in [-0.39, 0.29) is 18.2 Å². The zero-order chi connectivity index (χ0) is 17.9. The lowest BCUT2D eigenvalue weighted by Gasteiger charge is -2.18. The highest BCUT2D eigenvalue weighted by Gasteiger charge is 2.10. The molecule has 132 valence electrons. The van der Waals surface area contributed by atoms with Gasteiger partial charge in [0.15, 0.2) is 6.61 Å². The first-order valence-electron chi connectivity index (χ1n) is 7.98. The number of hydrogen-bond donors (Lipinski definition) is 2. The fourth-order valence-corrected chi connectivity index (χ4v) is 2.14. The lowest BCUT2D eigenvalue weighted by Crippen LogP contribution is -2.30. The van der Waals surface area contributed by atoms with Crippen molar-refractivity contribution < 1.29 is 24.2 Å². The maximum absolute atomic E-state index is 11.9. The summed E-state index contributed by atoms with van der Waals surface area (Å²) in [6, 6.07) is 6.44. The summed E-state index contributed by atoms with van der Waals surface area (Å²) in [6.07, 6.45) is 1.13. The Balaban J connectivity index is 2.34. The largest absolute Gasteiger partial charge is 0.482 e. The van der Waals surface area contributed by atoms with Crippen LogP contribution in [0.2, 0.25) is 0 Å². The van der Waals surface area contributed by atoms with Gasteiger partial charge in [-0.3, -0.25) is 9.59 Å². The molecule has 0 bridgehead atoms. The zero-order valence-corrected chi connectivity index (χ0v) is 14.1. The van der Waals surface area contributed by atoms with Gasteiger partial charge in [-0.05, 0) is 44.5 Å². The molecule has 0 saturated carbocycles. The summed E-state index contributed by atoms with van der Waals surface area (Å²) in [5, 5.41) is 11.3. The van der Waals surface area contributed by atoms with E-state index in [9.17, 15) is 14.4 Å². The first kappa shape index (κ1) is 19.5. The van der Waals surface area contributed by atoms with E-state index in [1.165, 1.54) is 0 Å². The summed E-state index contributed by atoms with van der Waals surface area (Å²) in [5.74, 6) is -0.735. The molecule has 1 aromatic rings. The van der Waals surface area contributed by atoms with Gasteiger partial charge in [-0.1, -0.05) is 0 Å². The van der Waals surface area contributed by atoms with E-state index in [1.807, 2.05) is 13.8 Å². The third-order valence-corrected chi connectivity index (χ3v) is 3.41. The van der Waals surface area contributed by atoms with Crippen molar-refractivity contribution in [3.05, 3.63) is 24.3 Å². The Hall–Kier alpha value is -2.57. The van der Waals surface area contributed by atoms with Crippen LogP contribution in [0.4, 0.5) is 5.69 Å². The van der Waals surface area contributed by atoms with E-state index in [2.05, 4.69) is 5.32 Å². The molecular formula is C17H24N2O5. The van der Waals surface area contributed by atoms with E-state index in [1.54, 1.807) is 29.2 Å². The minimum absolute atomic E-state index is 0.0627. The third kappa shape index (κ3) is 7.13. The number of nitrogens with zero attached hydrogens (tertiary/aromatic N) is 1. The average Bonchev–Trinajstić information content (AvgIpc) is 2.55. The van der Waals surface area contributed by atoms with Crippen LogP contribution < -0.4 is 10.1 Å². The molecule has 0 fully saturated rings. The number of aliphatic carboxylic acids is 1. The molecule has 0 saturated heterocycles. The number of benzene rings is 1. The van der Waals surface area contributed by atoms with Crippen molar-refractivity contribution in [1.82, 2.24) is 4.90 Å². The number of carboxylic acid groups (broad SMARTS) is 1. The second-order valence-electron chi connectivity index (χ2n) is 5.17. The van der Waals surface area contributed by atoms with Gasteiger partial charge in [0.25, 0.3) is 0 Å². The molecular weight excluding hydrogens is 312 g/mol. The Kier molecular flexibility index (Phi) is 8.32. The van der Waals surface area contributed by atoms with E-state index >= 15 is 0 Å². The molecule has 0 aliphatic rings. The van der Waals surface area contributed by atoms with Crippen molar-refractivity contribution >= 4 is 23.5 Å². The predicted octanol–water partition coefficient (Wildman–Crippen LogP) is 2.13. The fraction of sp³-hybridized carbons (Fsp3) is 0.471. The minimum Gasteiger partial charge on any atom is -0.482 e. The number of carboxylic acids is 1. The second kappa shape index (κ2) is 10.3. The van der Waals surface area contributed by atoms with E-state index in [0.717, 1.165) is 0 Å². The van der Waals surface area contributed by atoms with Gasteiger partial charge in [0.05, 0.1) is 0 Å². The molecule has 7 nitrogen and oxygen atoms in total. The van der Waals surface area contributed by atoms with Crippen LogP contribution in [0.1, 0.15) is 33.1 Å². The second-order valence-corrected chi connectivity index (χ2v) is 5.17. The van der Waals surface area contributed by atoms with Gasteiger partial charge < -0.3 is 20.1 Å². The summed E-state index contributed by atoms with van der Waals surface area (Å²) < 4.78 is 5.01. The van der Waals surface area contributed by atoms with Gasteiger partial charge in [-0.25, -0.2) is 4.79 Å². The van der Waals surface area contributed by atoms with Gasteiger partial charge in [0.2, 0.25) is 11.8 Å². The third-order valence-electron chi connectivity index (χ3n) is 3.41. The Morgan fingerprint density at radius 2 is 1.71 bits per heavy atom. The monoisotopic (exact) mass is 336 g/mol. The number of nitrogens with one attached hydrogen (secondary N) is 1. The van der Waals surface area contributed by atoms with Crippen molar-refractivity contribution in [3.63, 3.8) is 0 Å². The van der Waals surface area contributed by atoms with Crippen molar-refractivity contribution in [2.75, 3.05) is 25.0 Å². The van der Waals surface area contributed by atoms with Gasteiger partial charge in [0, 0.05) is 31.6 Å². The van der Waals surface area contributed by atoms with Gasteiger partial charge in [0.1, 0.15) is 5.75 Å². The number of ether oxygens (including phenoxy) is 1. The Labute approximate surface area is 141 Å². The number of carbonyl (C=O) groups excluding carboxylic acids is 2. The predicted molar refractivity (Wildman–Crippen MR) is 90.0 cm³/mol. The molecule has 0 heterocycles. The fourth-order valence-electron chi connectivity index (χ4n) is 2.14. The standard InChI is InChI=1S/C17H24N2O5/c1-3-19(4-2)16(21)7-5-6-15(20)18-13-8-10-14(11-9-13)24-12-17(22)23/h8-11H,3-7,12H2,1-2H3,(H,18,20)(H,22,23). The summed E-state index contributed by atoms with van der Waals surface area (Å²) in [5.41, 5.74) is 0.595. The topological polar surface area (TPSA) is 95.9 Å². The van der Waals surface area contributed by atoms with Crippen LogP contribution in [-0.4, -0.2) is 47.5 Å². The van der Waals surface area contributed by atoms with Gasteiger partial charge in [-0.2, -0.15) is 0 Å². The Morgan fingerprint density at radius 3 is 2.25 bits per heavy atom. The van der Waals surface area contributed by atoms with Crippen LogP contribution >= 0.6 is 0 Å². The molecule has 0 unspecified atom stereocenters. The normalized spacial score (nSPS) is 10.1. The number of rotatable bonds is 10. The van der Waals surface area contributed by atoms with Crippen LogP contribution in [0.3, 0.4) is 0 Å². The molecule has 0 spiro atoms. The summed E-state index contributed by atoms with van der Waals surface area (Å²) >= 11 is 0. The zero-order valence-electron chi connectivity index (χ0n) is 14.1. The maximum atomic E-state index is 11.9. The molecule has 2 N–H and O–H groups in total. The minimum atomic E-state index is -1.05. The SMILES string of the molecule is CCN(CC)C(=O)CCCC(=O)Nc1ccc(OCC(=O)O)cc1. The van der Waals surface area contributed by atoms with Crippen LogP contribution in [0.15, 0.2) is 24.3 Å². The summed E-state index contributed by atoms with van der Waals surface area (Å²) in [4.78, 5) is 35.8. The molecule has 0 aliphatic carbocycles. The number of anilines is 1. The smallest absolute Gasteiger partial charge is 0.341 e. The van der Waals surface area contributed by atoms with Gasteiger partial charge >= 0.3 is 5.97 Å². The number of hydrogen-bond acceptors (Lipinski definition) is 4. The average molecular weight is 336 g/mol. The van der Waals surface area contributed by atoms with Crippen LogP contribution in [-0.2, 0) is 14.4 Å². The molecule has 0 aliphatic heterocycles. The highest BCUT2D eigenvalue weighted by molar-refractivity contribution is 5.91. The molecule has 24 heavy (non-hydrogen) atoms. The Morgan fingerprint density at radius 1 is 1.08 bits per heavy atom. The van der Waals surface area contributed by atoms with E-state index in [0.29, 0.717) is 37.4 Å². The van der Waals surface area contributed by atoms with Crippen LogP contribution in [0.5, 0.6) is 5.75 Å². The van der Waals surface area contributed by atoms with E-state index < -0.39 is 12.6 Å². The molecule has 1 rings (SSSR count). The quantitative estimate of drug-likeness (QED) is 0.682. The van der Waals surface area contributed by atoms with Crippen molar-refractivity contribution in [2.24, 2.45) is 0 Å². The number of carbonyl (C=O) groups is 3. The van der Waals surface area contributed by atoms with Gasteiger partial charge in [-0.15, -0.1) is 0 Å². The molecule has 2 amide bonds.